The van der Waals surface area contributed by atoms with Crippen LogP contribution in [-0.2, 0) is 41.8 Å². The first-order valence-electron chi connectivity index (χ1n) is 24.6. The highest BCUT2D eigenvalue weighted by Gasteiger charge is 2.54. The molecule has 0 aromatic heterocycles. The molecule has 10 atom stereocenters. The van der Waals surface area contributed by atoms with Crippen LogP contribution < -0.4 is 0 Å². The van der Waals surface area contributed by atoms with Gasteiger partial charge < -0.3 is 54.8 Å². The van der Waals surface area contributed by atoms with Gasteiger partial charge >= 0.3 is 27.6 Å². The van der Waals surface area contributed by atoms with Crippen molar-refractivity contribution in [1.29, 1.82) is 0 Å². The van der Waals surface area contributed by atoms with Crippen LogP contribution in [0.15, 0.2) is 72.9 Å². The molecule has 0 aliphatic heterocycles. The van der Waals surface area contributed by atoms with E-state index in [0.717, 1.165) is 25.7 Å². The van der Waals surface area contributed by atoms with Crippen molar-refractivity contribution in [2.45, 2.75) is 210 Å². The Morgan fingerprint density at radius 1 is 0.522 bits per heavy atom. The van der Waals surface area contributed by atoms with Crippen LogP contribution in [0.4, 0.5) is 0 Å². The maximum Gasteiger partial charge on any atom is 0.472 e. The molecule has 0 spiro atoms. The standard InChI is InChI=1S/C49H84O18P2/c1-3-5-7-9-11-13-15-17-18-19-20-21-23-25-27-29-31-35-43(53)65-39(38-64-69(61,62)67-49-46(56)44(54)45(55)48(47(49)57)66-68(58,59)60)37-63-42(52)36-32-34-41(51)40(50)33-30-28-26-24-22-16-14-12-10-8-6-4-2/h12,14,17-18,20-22,24-25,27-28,30,39-41,44-51,54-57H,3-11,13,15-16,19,23,26,29,31-38H2,1-2H3,(H,61,62)(H2,58,59,60)/b14-12-,18-17-,21-20-,24-22-,27-25-,30-28-/t39-,40?,41?,44?,45?,46?,47?,48-,49+/m1/s1. The highest BCUT2D eigenvalue weighted by atomic mass is 31.2. The Kier molecular flexibility index (Phi) is 36.3. The number of carbonyl (C=O) groups is 2. The SMILES string of the molecule is CCCCC/C=C\C/C=C\C/C=C\CC(O)C(O)CCCC(=O)OC[C@H](COP(=O)(O)O[C@H]1C(O)C(O)C(O)[C@@H](OP(=O)(O)O)C1O)OC(=O)CCC/C=C\C/C=C\C/C=C\CCCCCCCC. The average Bonchev–Trinajstić information content (AvgIpc) is 3.30. The van der Waals surface area contributed by atoms with Gasteiger partial charge in [-0.25, -0.2) is 9.13 Å². The number of aliphatic hydroxyl groups is 6. The minimum absolute atomic E-state index is 0.0627. The van der Waals surface area contributed by atoms with Crippen LogP contribution in [0.5, 0.6) is 0 Å². The summed E-state index contributed by atoms with van der Waals surface area (Å²) in [4.78, 5) is 54.4. The topological polar surface area (TPSA) is 296 Å². The van der Waals surface area contributed by atoms with Gasteiger partial charge in [0.25, 0.3) is 0 Å². The second kappa shape index (κ2) is 39.0. The zero-order valence-corrected chi connectivity index (χ0v) is 42.5. The molecule has 1 saturated carbocycles. The Morgan fingerprint density at radius 2 is 0.986 bits per heavy atom. The summed E-state index contributed by atoms with van der Waals surface area (Å²) in [7, 11) is -10.8. The van der Waals surface area contributed by atoms with Crippen LogP contribution in [0.3, 0.4) is 0 Å². The molecule has 18 nitrogen and oxygen atoms in total. The van der Waals surface area contributed by atoms with E-state index in [9.17, 15) is 64.0 Å². The van der Waals surface area contributed by atoms with E-state index in [1.54, 1.807) is 6.08 Å². The lowest BCUT2D eigenvalue weighted by Crippen LogP contribution is -2.64. The van der Waals surface area contributed by atoms with Gasteiger partial charge in [-0.2, -0.15) is 0 Å². The van der Waals surface area contributed by atoms with Gasteiger partial charge in [-0.3, -0.25) is 23.2 Å². The summed E-state index contributed by atoms with van der Waals surface area (Å²) in [6.07, 6.45) is 24.5. The first kappa shape index (κ1) is 64.4. The summed E-state index contributed by atoms with van der Waals surface area (Å²) in [5.74, 6) is -1.56. The number of hydrogen-bond donors (Lipinski definition) is 9. The van der Waals surface area contributed by atoms with Gasteiger partial charge in [0.2, 0.25) is 0 Å². The highest BCUT2D eigenvalue weighted by Crippen LogP contribution is 2.49. The van der Waals surface area contributed by atoms with E-state index in [4.69, 9.17) is 18.5 Å². The number of phosphoric ester groups is 2. The fourth-order valence-electron chi connectivity index (χ4n) is 6.97. The summed E-state index contributed by atoms with van der Waals surface area (Å²) in [6, 6.07) is 0. The Bertz CT molecular complexity index is 1640. The molecule has 0 bridgehead atoms. The first-order valence-corrected chi connectivity index (χ1v) is 27.7. The van der Waals surface area contributed by atoms with E-state index in [1.807, 2.05) is 30.4 Å². The zero-order valence-electron chi connectivity index (χ0n) is 40.7. The van der Waals surface area contributed by atoms with Crippen LogP contribution in [-0.4, -0.2) is 125 Å². The van der Waals surface area contributed by atoms with Gasteiger partial charge in [0.1, 0.15) is 43.2 Å². The van der Waals surface area contributed by atoms with Crippen LogP contribution in [0.25, 0.3) is 0 Å². The summed E-state index contributed by atoms with van der Waals surface area (Å²) < 4.78 is 49.1. The largest absolute Gasteiger partial charge is 0.472 e. The van der Waals surface area contributed by atoms with Crippen LogP contribution in [0.1, 0.15) is 155 Å². The average molecular weight is 1020 g/mol. The molecule has 69 heavy (non-hydrogen) atoms. The third-order valence-corrected chi connectivity index (χ3v) is 12.5. The van der Waals surface area contributed by atoms with Gasteiger partial charge in [-0.1, -0.05) is 132 Å². The van der Waals surface area contributed by atoms with Crippen LogP contribution >= 0.6 is 15.6 Å². The first-order chi connectivity index (χ1) is 32.9. The number of hydrogen-bond acceptors (Lipinski definition) is 15. The molecular formula is C49H84O18P2. The van der Waals surface area contributed by atoms with Gasteiger partial charge in [0.05, 0.1) is 18.8 Å². The lowest BCUT2D eigenvalue weighted by Gasteiger charge is -2.43. The maximum atomic E-state index is 13.0. The number of esters is 2. The molecule has 398 valence electrons. The van der Waals surface area contributed by atoms with E-state index in [2.05, 4.69) is 54.8 Å². The monoisotopic (exact) mass is 1020 g/mol. The second-order valence-electron chi connectivity index (χ2n) is 17.1. The summed E-state index contributed by atoms with van der Waals surface area (Å²) in [6.45, 7) is 2.78. The second-order valence-corrected chi connectivity index (χ2v) is 19.7. The number of ether oxygens (including phenoxy) is 2. The number of phosphoric acid groups is 2. The number of allylic oxidation sites excluding steroid dienone is 11. The molecule has 1 fully saturated rings. The number of rotatable bonds is 40. The van der Waals surface area contributed by atoms with Crippen LogP contribution in [0, 0.1) is 0 Å². The molecule has 0 saturated heterocycles. The summed E-state index contributed by atoms with van der Waals surface area (Å²) in [5.41, 5.74) is 0. The molecular weight excluding hydrogens is 938 g/mol. The summed E-state index contributed by atoms with van der Waals surface area (Å²) >= 11 is 0. The molecule has 0 aromatic carbocycles. The normalized spacial score (nSPS) is 22.7. The quantitative estimate of drug-likeness (QED) is 0.0124. The molecule has 0 heterocycles. The van der Waals surface area contributed by atoms with Gasteiger partial charge in [-0.05, 0) is 83.5 Å². The van der Waals surface area contributed by atoms with E-state index in [1.165, 1.54) is 57.8 Å². The van der Waals surface area contributed by atoms with E-state index >= 15 is 0 Å². The van der Waals surface area contributed by atoms with Crippen molar-refractivity contribution in [3.8, 4) is 0 Å². The minimum Gasteiger partial charge on any atom is -0.462 e. The number of aliphatic hydroxyl groups excluding tert-OH is 6. The molecule has 1 aliphatic rings. The predicted octanol–water partition coefficient (Wildman–Crippen LogP) is 7.56. The van der Waals surface area contributed by atoms with Crippen molar-refractivity contribution in [1.82, 2.24) is 0 Å². The molecule has 9 N–H and O–H groups in total. The van der Waals surface area contributed by atoms with E-state index in [-0.39, 0.29) is 32.1 Å². The van der Waals surface area contributed by atoms with Crippen molar-refractivity contribution < 1.29 is 87.1 Å². The van der Waals surface area contributed by atoms with E-state index in [0.29, 0.717) is 25.7 Å². The van der Waals surface area contributed by atoms with Crippen molar-refractivity contribution in [3.05, 3.63) is 72.9 Å². The van der Waals surface area contributed by atoms with Crippen LogP contribution in [0.2, 0.25) is 0 Å². The molecule has 0 radical (unpaired) electrons. The highest BCUT2D eigenvalue weighted by molar-refractivity contribution is 7.47. The number of carbonyl (C=O) groups excluding carboxylic acids is 2. The molecule has 1 aliphatic carbocycles. The minimum atomic E-state index is -5.40. The lowest BCUT2D eigenvalue weighted by atomic mass is 9.85. The fourth-order valence-corrected chi connectivity index (χ4v) is 8.51. The Labute approximate surface area is 409 Å². The van der Waals surface area contributed by atoms with E-state index < -0.39 is 95.7 Å². The fraction of sp³-hybridized carbons (Fsp3) is 0.714. The molecule has 7 unspecified atom stereocenters. The molecule has 0 amide bonds. The molecule has 20 heteroatoms. The van der Waals surface area contributed by atoms with Gasteiger partial charge in [0, 0.05) is 12.8 Å². The lowest BCUT2D eigenvalue weighted by molar-refractivity contribution is -0.216. The Morgan fingerprint density at radius 3 is 1.55 bits per heavy atom. The molecule has 1 rings (SSSR count). The smallest absolute Gasteiger partial charge is 0.462 e. The third kappa shape index (κ3) is 32.9. The van der Waals surface area contributed by atoms with Crippen molar-refractivity contribution in [2.75, 3.05) is 13.2 Å². The Hall–Kier alpha value is -2.64. The van der Waals surface area contributed by atoms with Gasteiger partial charge in [-0.15, -0.1) is 0 Å². The third-order valence-electron chi connectivity index (χ3n) is 11.0. The predicted molar refractivity (Wildman–Crippen MR) is 262 cm³/mol. The molecule has 0 aromatic rings. The maximum absolute atomic E-state index is 13.0. The summed E-state index contributed by atoms with van der Waals surface area (Å²) in [5, 5.41) is 62.1. The number of unbranched alkanes of at least 4 members (excludes halogenated alkanes) is 10. The zero-order chi connectivity index (χ0) is 51.3. The van der Waals surface area contributed by atoms with Crippen molar-refractivity contribution >= 4 is 27.6 Å². The van der Waals surface area contributed by atoms with Gasteiger partial charge in [0.15, 0.2) is 6.10 Å². The van der Waals surface area contributed by atoms with Crippen molar-refractivity contribution in [2.24, 2.45) is 0 Å². The Balaban J connectivity index is 2.72. The van der Waals surface area contributed by atoms with Crippen molar-refractivity contribution in [3.63, 3.8) is 0 Å².